The molecule has 2 aliphatic rings. The van der Waals surface area contributed by atoms with E-state index in [-0.39, 0.29) is 23.0 Å². The molecule has 7 nitrogen and oxygen atoms in total. The average molecular weight is 406 g/mol. The molecule has 0 aromatic rings. The van der Waals surface area contributed by atoms with E-state index in [0.717, 1.165) is 12.2 Å². The maximum atomic E-state index is 12.3. The number of aliphatic hydroxyl groups is 1. The minimum atomic E-state index is -0.839. The second-order valence-electron chi connectivity index (χ2n) is 5.64. The number of methoxy groups -OCH3 is 2. The van der Waals surface area contributed by atoms with Crippen molar-refractivity contribution in [1.82, 2.24) is 0 Å². The minimum absolute atomic E-state index is 0. The van der Waals surface area contributed by atoms with Gasteiger partial charge in [-0.15, -0.1) is 0 Å². The maximum Gasteiger partial charge on any atom is 0 e. The molecule has 144 valence electrons. The van der Waals surface area contributed by atoms with Gasteiger partial charge in [-0.3, -0.25) is 4.79 Å². The molecule has 0 unspecified atom stereocenters. The van der Waals surface area contributed by atoms with Crippen molar-refractivity contribution in [1.29, 1.82) is 0 Å². The van der Waals surface area contributed by atoms with E-state index >= 15 is 0 Å². The largest absolute Gasteiger partial charge is 0 e. The number of ether oxygens (including phenoxy) is 2. The standard InChI is InChI=1S/C15H22O4.3CO.Fe/c1-14(9-6-11(18-2)7-10-14)15(13(17)19-3)8-4-5-12(15)16;3*1-2;/h6-7,9,12,16H,4-5,8,10H2,1-3H3;;;;/t12-,14-,15+;;;;/m0..../s1. The molecular formula is C18H22FeO7. The van der Waals surface area contributed by atoms with E-state index in [1.54, 1.807) is 7.11 Å². The Labute approximate surface area is 164 Å². The van der Waals surface area contributed by atoms with Crippen molar-refractivity contribution in [3.05, 3.63) is 43.9 Å². The van der Waals surface area contributed by atoms with Crippen molar-refractivity contribution in [2.24, 2.45) is 10.8 Å². The van der Waals surface area contributed by atoms with Gasteiger partial charge in [0, 0.05) is 22.5 Å². The molecule has 1 fully saturated rings. The molecular weight excluding hydrogens is 384 g/mol. The van der Waals surface area contributed by atoms with E-state index in [1.807, 2.05) is 25.2 Å². The molecule has 0 heterocycles. The number of carbonyl (C=O) groups excluding carboxylic acids is 1. The summed E-state index contributed by atoms with van der Waals surface area (Å²) in [7, 11) is 3.01. The van der Waals surface area contributed by atoms with Gasteiger partial charge >= 0.3 is 39.9 Å². The van der Waals surface area contributed by atoms with Crippen LogP contribution in [0, 0.1) is 30.8 Å². The number of rotatable bonds is 3. The number of esters is 1. The van der Waals surface area contributed by atoms with Gasteiger partial charge in [-0.1, -0.05) is 13.0 Å². The average Bonchev–Trinajstić information content (AvgIpc) is 3.09. The summed E-state index contributed by atoms with van der Waals surface area (Å²) in [6, 6.07) is 0. The van der Waals surface area contributed by atoms with E-state index in [1.165, 1.54) is 7.11 Å². The van der Waals surface area contributed by atoms with Crippen LogP contribution in [0.1, 0.15) is 32.6 Å². The van der Waals surface area contributed by atoms with Gasteiger partial charge in [0.15, 0.2) is 0 Å². The summed E-state index contributed by atoms with van der Waals surface area (Å²) in [6.07, 6.45) is 8.01. The van der Waals surface area contributed by atoms with Crippen LogP contribution < -0.4 is 0 Å². The van der Waals surface area contributed by atoms with Crippen molar-refractivity contribution >= 4 is 5.97 Å². The van der Waals surface area contributed by atoms with Gasteiger partial charge in [-0.25, -0.2) is 0 Å². The second-order valence-corrected chi connectivity index (χ2v) is 5.64. The van der Waals surface area contributed by atoms with Crippen molar-refractivity contribution < 1.29 is 50.4 Å². The Morgan fingerprint density at radius 2 is 1.77 bits per heavy atom. The molecule has 26 heavy (non-hydrogen) atoms. The maximum absolute atomic E-state index is 12.3. The number of hydrogen-bond donors (Lipinski definition) is 1. The summed E-state index contributed by atoms with van der Waals surface area (Å²) in [5.74, 6) is 0.490. The Bertz CT molecular complexity index is 535. The van der Waals surface area contributed by atoms with Gasteiger partial charge in [0.25, 0.3) is 0 Å². The molecule has 0 amide bonds. The summed E-state index contributed by atoms with van der Waals surface area (Å²) in [4.78, 5) is 12.3. The van der Waals surface area contributed by atoms with Gasteiger partial charge < -0.3 is 14.6 Å². The third-order valence-corrected chi connectivity index (χ3v) is 4.76. The first-order valence-electron chi connectivity index (χ1n) is 7.31. The number of carbonyl (C=O) groups is 1. The van der Waals surface area contributed by atoms with E-state index in [2.05, 4.69) is 20.0 Å². The first-order valence-corrected chi connectivity index (χ1v) is 7.31. The molecule has 0 saturated heterocycles. The van der Waals surface area contributed by atoms with Crippen LogP contribution in [-0.2, 0) is 45.3 Å². The Kier molecular flexibility index (Phi) is 16.4. The van der Waals surface area contributed by atoms with Crippen LogP contribution >= 0.6 is 0 Å². The van der Waals surface area contributed by atoms with Gasteiger partial charge in [0.2, 0.25) is 0 Å². The molecule has 3 atom stereocenters. The quantitative estimate of drug-likeness (QED) is 0.334. The van der Waals surface area contributed by atoms with Crippen LogP contribution in [0.5, 0.6) is 0 Å². The van der Waals surface area contributed by atoms with Crippen molar-refractivity contribution in [2.45, 2.75) is 38.7 Å². The van der Waals surface area contributed by atoms with E-state index < -0.39 is 16.9 Å². The summed E-state index contributed by atoms with van der Waals surface area (Å²) in [5, 5.41) is 10.4. The molecule has 0 aliphatic heterocycles. The van der Waals surface area contributed by atoms with E-state index in [9.17, 15) is 9.90 Å². The number of aliphatic hydroxyl groups excluding tert-OH is 1. The Balaban J connectivity index is -0.000000686. The predicted octanol–water partition coefficient (Wildman–Crippen LogP) is 2.07. The fourth-order valence-electron chi connectivity index (χ4n) is 3.50. The van der Waals surface area contributed by atoms with Crippen LogP contribution in [0.2, 0.25) is 0 Å². The summed E-state index contributed by atoms with van der Waals surface area (Å²) in [5.41, 5.74) is -1.27. The smallest absolute Gasteiger partial charge is 0 e. The third-order valence-electron chi connectivity index (χ3n) is 4.76. The SMILES string of the molecule is COC(=O)[C@@]1([C@@]2(C)C=CC(OC)=CC2)CCC[C@@H]1O.[C-]#[O+].[C-]#[O+].[C-]#[O+].[Fe]. The topological polar surface area (TPSA) is 115 Å². The first-order chi connectivity index (χ1) is 12.0. The molecule has 0 aromatic carbocycles. The summed E-state index contributed by atoms with van der Waals surface area (Å²) < 4.78 is 32.7. The van der Waals surface area contributed by atoms with E-state index in [0.29, 0.717) is 19.3 Å². The Hall–Kier alpha value is -1.55. The molecule has 0 aromatic heterocycles. The van der Waals surface area contributed by atoms with Crippen LogP contribution in [0.4, 0.5) is 0 Å². The number of allylic oxidation sites excluding steroid dienone is 3. The number of hydrogen-bond acceptors (Lipinski definition) is 4. The molecule has 0 radical (unpaired) electrons. The predicted molar refractivity (Wildman–Crippen MR) is 83.1 cm³/mol. The summed E-state index contributed by atoms with van der Waals surface area (Å²) >= 11 is 0. The van der Waals surface area contributed by atoms with Gasteiger partial charge in [0.05, 0.1) is 20.3 Å². The zero-order chi connectivity index (χ0) is 20.1. The van der Waals surface area contributed by atoms with Crippen LogP contribution in [-0.4, -0.2) is 31.4 Å². The fraction of sp³-hybridized carbons (Fsp3) is 0.556. The van der Waals surface area contributed by atoms with Crippen LogP contribution in [0.25, 0.3) is 0 Å². The molecule has 2 aliphatic carbocycles. The van der Waals surface area contributed by atoms with Crippen LogP contribution in [0.3, 0.4) is 0 Å². The Morgan fingerprint density at radius 1 is 1.23 bits per heavy atom. The third kappa shape index (κ3) is 5.73. The molecule has 8 heteroatoms. The van der Waals surface area contributed by atoms with Gasteiger partial charge in [-0.2, -0.15) is 0 Å². The molecule has 0 spiro atoms. The monoisotopic (exact) mass is 406 g/mol. The second kappa shape index (κ2) is 14.6. The van der Waals surface area contributed by atoms with Gasteiger partial charge in [-0.05, 0) is 37.8 Å². The zero-order valence-electron chi connectivity index (χ0n) is 14.9. The molecule has 2 rings (SSSR count). The van der Waals surface area contributed by atoms with Crippen molar-refractivity contribution in [3.8, 4) is 0 Å². The van der Waals surface area contributed by atoms with Gasteiger partial charge in [0.1, 0.15) is 11.2 Å². The summed E-state index contributed by atoms with van der Waals surface area (Å²) in [6.45, 7) is 15.5. The zero-order valence-corrected chi connectivity index (χ0v) is 16.0. The van der Waals surface area contributed by atoms with E-state index in [4.69, 9.17) is 23.4 Å². The minimum Gasteiger partial charge on any atom is 0 e. The fourth-order valence-corrected chi connectivity index (χ4v) is 3.50. The molecule has 1 saturated carbocycles. The van der Waals surface area contributed by atoms with Crippen molar-refractivity contribution in [3.63, 3.8) is 0 Å². The molecule has 1 N–H and O–H groups in total. The van der Waals surface area contributed by atoms with Crippen LogP contribution in [0.15, 0.2) is 24.0 Å². The first kappa shape index (κ1) is 29.2. The Morgan fingerprint density at radius 3 is 2.08 bits per heavy atom. The van der Waals surface area contributed by atoms with Crippen molar-refractivity contribution in [2.75, 3.05) is 14.2 Å². The molecule has 0 bridgehead atoms. The normalized spacial score (nSPS) is 27.9.